The lowest BCUT2D eigenvalue weighted by molar-refractivity contribution is 0.0696. The number of halogens is 1. The van der Waals surface area contributed by atoms with E-state index >= 15 is 0 Å². The van der Waals surface area contributed by atoms with E-state index in [1.54, 1.807) is 12.1 Å². The number of aryl methyl sites for hydroxylation is 1. The molecule has 3 aromatic rings. The summed E-state index contributed by atoms with van der Waals surface area (Å²) in [5.41, 5.74) is 0.981. The first-order valence-electron chi connectivity index (χ1n) is 7.33. The summed E-state index contributed by atoms with van der Waals surface area (Å²) in [6.45, 7) is 1.81. The SMILES string of the molecule is COc1cc(C(=O)O)ccc1N(c1sc2ccc(Cl)cc2c1C)S(=O)[O-]. The van der Waals surface area contributed by atoms with Gasteiger partial charge in [0.2, 0.25) is 0 Å². The van der Waals surface area contributed by atoms with Crippen LogP contribution >= 0.6 is 22.9 Å². The third-order valence-electron chi connectivity index (χ3n) is 3.85. The number of anilines is 2. The summed E-state index contributed by atoms with van der Waals surface area (Å²) < 4.78 is 31.2. The van der Waals surface area contributed by atoms with Crippen LogP contribution in [-0.4, -0.2) is 26.9 Å². The van der Waals surface area contributed by atoms with Gasteiger partial charge >= 0.3 is 5.97 Å². The standard InChI is InChI=1S/C17H14ClNO5S2/c1-9-12-8-11(18)4-6-15(12)25-16(9)19(26(22)23)13-5-3-10(17(20)21)7-14(13)24-2/h3-8H,1-2H3,(H,20,21)(H,22,23)/p-1. The van der Waals surface area contributed by atoms with E-state index in [0.717, 1.165) is 20.0 Å². The summed E-state index contributed by atoms with van der Waals surface area (Å²) in [6, 6.07) is 9.38. The third kappa shape index (κ3) is 3.28. The van der Waals surface area contributed by atoms with Crippen molar-refractivity contribution in [2.45, 2.75) is 6.92 Å². The minimum Gasteiger partial charge on any atom is -0.755 e. The van der Waals surface area contributed by atoms with Crippen LogP contribution in [0.3, 0.4) is 0 Å². The van der Waals surface area contributed by atoms with E-state index in [1.165, 1.54) is 36.6 Å². The summed E-state index contributed by atoms with van der Waals surface area (Å²) in [4.78, 5) is 11.2. The number of benzene rings is 2. The van der Waals surface area contributed by atoms with Gasteiger partial charge in [-0.15, -0.1) is 11.3 Å². The highest BCUT2D eigenvalue weighted by Crippen LogP contribution is 2.44. The summed E-state index contributed by atoms with van der Waals surface area (Å²) in [5, 5.41) is 11.0. The maximum Gasteiger partial charge on any atom is 0.335 e. The van der Waals surface area contributed by atoms with Crippen LogP contribution in [0.15, 0.2) is 36.4 Å². The summed E-state index contributed by atoms with van der Waals surface area (Å²) in [6.07, 6.45) is 0. The number of ether oxygens (including phenoxy) is 1. The predicted octanol–water partition coefficient (Wildman–Crippen LogP) is 4.50. The topological polar surface area (TPSA) is 89.9 Å². The minimum atomic E-state index is -2.64. The van der Waals surface area contributed by atoms with Gasteiger partial charge in [0.25, 0.3) is 0 Å². The first-order chi connectivity index (χ1) is 12.3. The number of methoxy groups -OCH3 is 1. The number of hydrogen-bond acceptors (Lipinski definition) is 5. The van der Waals surface area contributed by atoms with Crippen LogP contribution in [0, 0.1) is 6.92 Å². The molecule has 1 unspecified atom stereocenters. The van der Waals surface area contributed by atoms with Gasteiger partial charge in [0.15, 0.2) is 0 Å². The lowest BCUT2D eigenvalue weighted by atomic mass is 10.1. The number of fused-ring (bicyclic) bond motifs is 1. The monoisotopic (exact) mass is 410 g/mol. The molecule has 1 heterocycles. The normalized spacial score (nSPS) is 12.2. The molecule has 1 N–H and O–H groups in total. The molecule has 1 atom stereocenters. The molecule has 6 nitrogen and oxygen atoms in total. The summed E-state index contributed by atoms with van der Waals surface area (Å²) >= 11 is 4.70. The molecule has 0 fully saturated rings. The smallest absolute Gasteiger partial charge is 0.335 e. The Morgan fingerprint density at radius 1 is 1.31 bits per heavy atom. The van der Waals surface area contributed by atoms with Crippen molar-refractivity contribution in [2.24, 2.45) is 0 Å². The van der Waals surface area contributed by atoms with E-state index in [1.807, 2.05) is 13.0 Å². The molecule has 26 heavy (non-hydrogen) atoms. The zero-order valence-corrected chi connectivity index (χ0v) is 16.1. The zero-order valence-electron chi connectivity index (χ0n) is 13.7. The summed E-state index contributed by atoms with van der Waals surface area (Å²) in [5.74, 6) is -0.985. The van der Waals surface area contributed by atoms with Crippen LogP contribution in [0.4, 0.5) is 10.7 Å². The van der Waals surface area contributed by atoms with Gasteiger partial charge in [0.1, 0.15) is 10.8 Å². The van der Waals surface area contributed by atoms with Crippen molar-refractivity contribution in [3.05, 3.63) is 52.5 Å². The predicted molar refractivity (Wildman–Crippen MR) is 103 cm³/mol. The molecule has 0 bridgehead atoms. The number of nitrogens with zero attached hydrogens (tertiary/aromatic N) is 1. The zero-order chi connectivity index (χ0) is 19.0. The Hall–Kier alpha value is -2.13. The van der Waals surface area contributed by atoms with Crippen molar-refractivity contribution >= 4 is 60.9 Å². The van der Waals surface area contributed by atoms with E-state index < -0.39 is 17.2 Å². The highest BCUT2D eigenvalue weighted by Gasteiger charge is 2.22. The van der Waals surface area contributed by atoms with Crippen LogP contribution in [-0.2, 0) is 11.3 Å². The first kappa shape index (κ1) is 18.7. The molecule has 136 valence electrons. The van der Waals surface area contributed by atoms with Crippen LogP contribution in [0.5, 0.6) is 5.75 Å². The van der Waals surface area contributed by atoms with Crippen LogP contribution in [0.2, 0.25) is 5.02 Å². The van der Waals surface area contributed by atoms with Crippen LogP contribution in [0.1, 0.15) is 15.9 Å². The molecule has 3 rings (SSSR count). The number of aromatic carboxylic acids is 1. The Bertz CT molecular complexity index is 1030. The van der Waals surface area contributed by atoms with Crippen molar-refractivity contribution in [2.75, 3.05) is 11.4 Å². The van der Waals surface area contributed by atoms with E-state index in [-0.39, 0.29) is 17.0 Å². The van der Waals surface area contributed by atoms with E-state index in [0.29, 0.717) is 10.0 Å². The Balaban J connectivity index is 2.22. The molecule has 0 amide bonds. The molecular formula is C17H13ClNO5S2-. The van der Waals surface area contributed by atoms with Crippen molar-refractivity contribution in [1.29, 1.82) is 0 Å². The second-order valence-electron chi connectivity index (χ2n) is 5.38. The highest BCUT2D eigenvalue weighted by molar-refractivity contribution is 7.81. The van der Waals surface area contributed by atoms with Crippen molar-refractivity contribution in [1.82, 2.24) is 0 Å². The number of thiophene rings is 1. The molecule has 9 heteroatoms. The number of rotatable bonds is 5. The average Bonchev–Trinajstić information content (AvgIpc) is 2.91. The van der Waals surface area contributed by atoms with Crippen molar-refractivity contribution in [3.63, 3.8) is 0 Å². The Kier molecular flexibility index (Phi) is 5.19. The molecule has 0 aliphatic heterocycles. The second-order valence-corrected chi connectivity index (χ2v) is 7.64. The fourth-order valence-corrected chi connectivity index (χ4v) is 4.77. The Labute approximate surface area is 161 Å². The van der Waals surface area contributed by atoms with Gasteiger partial charge in [0.05, 0.1) is 29.6 Å². The van der Waals surface area contributed by atoms with E-state index in [2.05, 4.69) is 0 Å². The van der Waals surface area contributed by atoms with E-state index in [4.69, 9.17) is 21.4 Å². The molecule has 0 aliphatic carbocycles. The second kappa shape index (κ2) is 7.24. The largest absolute Gasteiger partial charge is 0.755 e. The molecule has 0 radical (unpaired) electrons. The number of carboxylic acid groups (broad SMARTS) is 1. The molecule has 0 saturated heterocycles. The maximum absolute atomic E-state index is 12.0. The lowest BCUT2D eigenvalue weighted by Gasteiger charge is -2.27. The first-order valence-corrected chi connectivity index (χ1v) is 9.55. The molecule has 0 saturated carbocycles. The Morgan fingerprint density at radius 3 is 2.65 bits per heavy atom. The number of carbonyl (C=O) groups is 1. The van der Waals surface area contributed by atoms with Crippen LogP contribution < -0.4 is 9.04 Å². The van der Waals surface area contributed by atoms with Gasteiger partial charge in [-0.3, -0.25) is 8.51 Å². The fourth-order valence-electron chi connectivity index (χ4n) is 2.61. The van der Waals surface area contributed by atoms with Gasteiger partial charge in [-0.2, -0.15) is 0 Å². The minimum absolute atomic E-state index is 0.00192. The molecule has 1 aromatic heterocycles. The van der Waals surface area contributed by atoms with Gasteiger partial charge < -0.3 is 14.4 Å². The molecule has 0 aliphatic rings. The molecule has 0 spiro atoms. The highest BCUT2D eigenvalue weighted by atomic mass is 35.5. The third-order valence-corrected chi connectivity index (χ3v) is 6.14. The quantitative estimate of drug-likeness (QED) is 0.625. The molecule has 2 aromatic carbocycles. The van der Waals surface area contributed by atoms with Crippen molar-refractivity contribution < 1.29 is 23.4 Å². The molecular weight excluding hydrogens is 398 g/mol. The number of carboxylic acids is 1. The van der Waals surface area contributed by atoms with Gasteiger partial charge in [-0.25, -0.2) is 4.79 Å². The van der Waals surface area contributed by atoms with Gasteiger partial charge in [-0.1, -0.05) is 11.6 Å². The number of hydrogen-bond donors (Lipinski definition) is 1. The lowest BCUT2D eigenvalue weighted by Crippen LogP contribution is -2.20. The fraction of sp³-hybridized carbons (Fsp3) is 0.118. The Morgan fingerprint density at radius 2 is 2.04 bits per heavy atom. The van der Waals surface area contributed by atoms with Gasteiger partial charge in [-0.05, 0) is 54.3 Å². The summed E-state index contributed by atoms with van der Waals surface area (Å²) in [7, 11) is 1.36. The van der Waals surface area contributed by atoms with Crippen LogP contribution in [0.25, 0.3) is 10.1 Å². The average molecular weight is 411 g/mol. The van der Waals surface area contributed by atoms with Gasteiger partial charge in [0, 0.05) is 9.72 Å². The van der Waals surface area contributed by atoms with Crippen molar-refractivity contribution in [3.8, 4) is 5.75 Å². The van der Waals surface area contributed by atoms with E-state index in [9.17, 15) is 13.6 Å². The maximum atomic E-state index is 12.0.